The van der Waals surface area contributed by atoms with Gasteiger partial charge in [-0.2, -0.15) is 0 Å². The van der Waals surface area contributed by atoms with Crippen molar-refractivity contribution in [1.29, 1.82) is 0 Å². The van der Waals surface area contributed by atoms with Crippen LogP contribution in [0.5, 0.6) is 0 Å². The first-order chi connectivity index (χ1) is 7.26. The van der Waals surface area contributed by atoms with Crippen molar-refractivity contribution < 1.29 is 9.53 Å². The molecule has 0 unspecified atom stereocenters. The highest BCUT2D eigenvalue weighted by Crippen LogP contribution is 2.47. The zero-order valence-corrected chi connectivity index (χ0v) is 10.6. The predicted octanol–water partition coefficient (Wildman–Crippen LogP) is 0.703. The van der Waals surface area contributed by atoms with E-state index < -0.39 is 0 Å². The van der Waals surface area contributed by atoms with Crippen molar-refractivity contribution in [2.45, 2.75) is 32.3 Å². The number of rotatable bonds is 4. The normalized spacial score (nSPS) is 26.7. The summed E-state index contributed by atoms with van der Waals surface area (Å²) < 4.78 is 5.38. The zero-order valence-electron chi connectivity index (χ0n) is 9.75. The van der Waals surface area contributed by atoms with Gasteiger partial charge in [-0.15, -0.1) is 12.4 Å². The molecule has 0 aromatic heterocycles. The molecule has 1 aliphatic heterocycles. The fraction of sp³-hybridized carbons (Fsp3) is 0.909. The monoisotopic (exact) mass is 248 g/mol. The van der Waals surface area contributed by atoms with Gasteiger partial charge in [0.05, 0.1) is 6.61 Å². The van der Waals surface area contributed by atoms with E-state index in [0.29, 0.717) is 18.6 Å². The van der Waals surface area contributed by atoms with E-state index >= 15 is 0 Å². The molecule has 2 aliphatic rings. The van der Waals surface area contributed by atoms with Crippen LogP contribution >= 0.6 is 12.4 Å². The molecule has 1 saturated carbocycles. The standard InChI is InChI=1S/C11H20N2O2.ClH/c1-2-11(3-4-11)8-13-10(14)9-7-12-5-6-15-9;/h9,12H,2-8H2,1H3,(H,13,14);1H/t9-;/m0./s1. The number of morpholine rings is 1. The molecule has 0 spiro atoms. The van der Waals surface area contributed by atoms with E-state index in [1.165, 1.54) is 12.8 Å². The first kappa shape index (κ1) is 13.7. The molecule has 1 atom stereocenters. The molecule has 1 saturated heterocycles. The molecule has 0 aromatic rings. The van der Waals surface area contributed by atoms with Crippen molar-refractivity contribution in [2.24, 2.45) is 5.41 Å². The van der Waals surface area contributed by atoms with Crippen LogP contribution in [-0.2, 0) is 9.53 Å². The summed E-state index contributed by atoms with van der Waals surface area (Å²) in [5.41, 5.74) is 0.414. The van der Waals surface area contributed by atoms with Crippen LogP contribution in [0.1, 0.15) is 26.2 Å². The lowest BCUT2D eigenvalue weighted by Crippen LogP contribution is -2.48. The van der Waals surface area contributed by atoms with E-state index in [9.17, 15) is 4.79 Å². The minimum atomic E-state index is -0.286. The molecule has 5 heteroatoms. The molecule has 1 amide bonds. The third-order valence-electron chi connectivity index (χ3n) is 3.56. The topological polar surface area (TPSA) is 50.4 Å². The van der Waals surface area contributed by atoms with E-state index in [-0.39, 0.29) is 24.4 Å². The van der Waals surface area contributed by atoms with Gasteiger partial charge in [0.15, 0.2) is 0 Å². The van der Waals surface area contributed by atoms with Crippen LogP contribution in [-0.4, -0.2) is 38.3 Å². The van der Waals surface area contributed by atoms with Crippen LogP contribution in [0.15, 0.2) is 0 Å². The fourth-order valence-electron chi connectivity index (χ4n) is 1.95. The number of amides is 1. The highest BCUT2D eigenvalue weighted by atomic mass is 35.5. The number of halogens is 1. The Balaban J connectivity index is 0.00000128. The van der Waals surface area contributed by atoms with Gasteiger partial charge in [-0.05, 0) is 24.7 Å². The Hall–Kier alpha value is -0.320. The maximum atomic E-state index is 11.7. The van der Waals surface area contributed by atoms with Crippen molar-refractivity contribution in [3.63, 3.8) is 0 Å². The summed E-state index contributed by atoms with van der Waals surface area (Å²) in [6.45, 7) is 5.14. The smallest absolute Gasteiger partial charge is 0.250 e. The molecule has 1 heterocycles. The lowest BCUT2D eigenvalue weighted by Gasteiger charge is -2.23. The van der Waals surface area contributed by atoms with Crippen molar-refractivity contribution in [2.75, 3.05) is 26.2 Å². The van der Waals surface area contributed by atoms with Gasteiger partial charge in [-0.25, -0.2) is 0 Å². The van der Waals surface area contributed by atoms with Crippen molar-refractivity contribution in [1.82, 2.24) is 10.6 Å². The van der Waals surface area contributed by atoms with Crippen LogP contribution in [0.2, 0.25) is 0 Å². The van der Waals surface area contributed by atoms with Gasteiger partial charge in [0.25, 0.3) is 0 Å². The number of carbonyl (C=O) groups excluding carboxylic acids is 1. The van der Waals surface area contributed by atoms with E-state index in [1.54, 1.807) is 0 Å². The SMILES string of the molecule is CCC1(CNC(=O)[C@@H]2CNCCO2)CC1.Cl. The third-order valence-corrected chi connectivity index (χ3v) is 3.56. The van der Waals surface area contributed by atoms with Crippen LogP contribution in [0.25, 0.3) is 0 Å². The Morgan fingerprint density at radius 1 is 1.56 bits per heavy atom. The minimum absolute atomic E-state index is 0. The Kier molecular flexibility index (Phi) is 5.02. The minimum Gasteiger partial charge on any atom is -0.366 e. The Labute approximate surface area is 103 Å². The zero-order chi connectivity index (χ0) is 10.7. The maximum Gasteiger partial charge on any atom is 0.250 e. The van der Waals surface area contributed by atoms with E-state index in [4.69, 9.17) is 4.74 Å². The highest BCUT2D eigenvalue weighted by Gasteiger charge is 2.41. The molecule has 2 fully saturated rings. The van der Waals surface area contributed by atoms with Crippen molar-refractivity contribution in [3.8, 4) is 0 Å². The molecule has 94 valence electrons. The molecule has 0 radical (unpaired) electrons. The average Bonchev–Trinajstić information content (AvgIpc) is 3.08. The van der Waals surface area contributed by atoms with Crippen LogP contribution in [0.3, 0.4) is 0 Å². The number of ether oxygens (including phenoxy) is 1. The van der Waals surface area contributed by atoms with Gasteiger partial charge in [-0.3, -0.25) is 4.79 Å². The van der Waals surface area contributed by atoms with Crippen LogP contribution in [0, 0.1) is 5.41 Å². The largest absolute Gasteiger partial charge is 0.366 e. The van der Waals surface area contributed by atoms with Gasteiger partial charge in [0.1, 0.15) is 6.10 Å². The van der Waals surface area contributed by atoms with Gasteiger partial charge in [-0.1, -0.05) is 6.92 Å². The van der Waals surface area contributed by atoms with Gasteiger partial charge in [0, 0.05) is 19.6 Å². The maximum absolute atomic E-state index is 11.7. The highest BCUT2D eigenvalue weighted by molar-refractivity contribution is 5.85. The molecular formula is C11H21ClN2O2. The van der Waals surface area contributed by atoms with Crippen molar-refractivity contribution in [3.05, 3.63) is 0 Å². The quantitative estimate of drug-likeness (QED) is 0.770. The fourth-order valence-corrected chi connectivity index (χ4v) is 1.95. The summed E-state index contributed by atoms with van der Waals surface area (Å²) >= 11 is 0. The number of nitrogens with one attached hydrogen (secondary N) is 2. The molecule has 1 aliphatic carbocycles. The summed E-state index contributed by atoms with van der Waals surface area (Å²) in [5, 5.41) is 6.16. The van der Waals surface area contributed by atoms with Gasteiger partial charge < -0.3 is 15.4 Å². The lowest BCUT2D eigenvalue weighted by molar-refractivity contribution is -0.134. The average molecular weight is 249 g/mol. The summed E-state index contributed by atoms with van der Waals surface area (Å²) in [5.74, 6) is 0.0434. The second-order valence-electron chi connectivity index (χ2n) is 4.63. The van der Waals surface area contributed by atoms with Crippen molar-refractivity contribution >= 4 is 18.3 Å². The molecule has 0 aromatic carbocycles. The number of hydrogen-bond donors (Lipinski definition) is 2. The first-order valence-corrected chi connectivity index (χ1v) is 5.86. The summed E-state index contributed by atoms with van der Waals surface area (Å²) in [6, 6.07) is 0. The summed E-state index contributed by atoms with van der Waals surface area (Å²) in [7, 11) is 0. The Morgan fingerprint density at radius 2 is 2.31 bits per heavy atom. The molecule has 4 nitrogen and oxygen atoms in total. The number of hydrogen-bond acceptors (Lipinski definition) is 3. The second-order valence-corrected chi connectivity index (χ2v) is 4.63. The first-order valence-electron chi connectivity index (χ1n) is 5.86. The molecule has 2 rings (SSSR count). The molecule has 2 N–H and O–H groups in total. The number of carbonyl (C=O) groups is 1. The van der Waals surface area contributed by atoms with Gasteiger partial charge in [0.2, 0.25) is 5.91 Å². The Bertz CT molecular complexity index is 238. The van der Waals surface area contributed by atoms with Crippen LogP contribution in [0.4, 0.5) is 0 Å². The lowest BCUT2D eigenvalue weighted by atomic mass is 10.0. The van der Waals surface area contributed by atoms with E-state index in [1.807, 2.05) is 0 Å². The second kappa shape index (κ2) is 5.84. The summed E-state index contributed by atoms with van der Waals surface area (Å²) in [4.78, 5) is 11.7. The Morgan fingerprint density at radius 3 is 2.81 bits per heavy atom. The molecular weight excluding hydrogens is 228 g/mol. The molecule has 0 bridgehead atoms. The van der Waals surface area contributed by atoms with Crippen LogP contribution < -0.4 is 10.6 Å². The third kappa shape index (κ3) is 3.34. The van der Waals surface area contributed by atoms with E-state index in [0.717, 1.165) is 19.5 Å². The van der Waals surface area contributed by atoms with Gasteiger partial charge >= 0.3 is 0 Å². The molecule has 16 heavy (non-hydrogen) atoms. The predicted molar refractivity (Wildman–Crippen MR) is 64.8 cm³/mol. The summed E-state index contributed by atoms with van der Waals surface area (Å²) in [6.07, 6.45) is 3.39. The van der Waals surface area contributed by atoms with E-state index in [2.05, 4.69) is 17.6 Å².